The van der Waals surface area contributed by atoms with Crippen LogP contribution in [0.1, 0.15) is 13.3 Å². The number of nitro groups is 1. The van der Waals surface area contributed by atoms with Crippen molar-refractivity contribution in [3.63, 3.8) is 0 Å². The average molecular weight is 369 g/mol. The normalized spacial score (nSPS) is 10.4. The van der Waals surface area contributed by atoms with E-state index in [4.69, 9.17) is 0 Å². The van der Waals surface area contributed by atoms with Gasteiger partial charge in [0.2, 0.25) is 5.95 Å². The second-order valence-electron chi connectivity index (χ2n) is 4.13. The lowest BCUT2D eigenvalue weighted by molar-refractivity contribution is -0.388. The maximum absolute atomic E-state index is 11.1. The number of nitrogens with one attached hydrogen (secondary N) is 1. The molecule has 1 aromatic heterocycles. The summed E-state index contributed by atoms with van der Waals surface area (Å²) in [6, 6.07) is 7.53. The van der Waals surface area contributed by atoms with Gasteiger partial charge in [-0.1, -0.05) is 40.7 Å². The highest BCUT2D eigenvalue weighted by molar-refractivity contribution is 9.10. The fourth-order valence-corrected chi connectivity index (χ4v) is 2.99. The number of anilines is 1. The Bertz CT molecular complexity index is 654. The van der Waals surface area contributed by atoms with E-state index in [0.29, 0.717) is 11.0 Å². The minimum atomic E-state index is -0.468. The molecule has 0 saturated carbocycles. The van der Waals surface area contributed by atoms with Crippen LogP contribution in [0.5, 0.6) is 0 Å². The van der Waals surface area contributed by atoms with Gasteiger partial charge in [0.15, 0.2) is 5.03 Å². The zero-order valence-electron chi connectivity index (χ0n) is 11.2. The Morgan fingerprint density at radius 3 is 2.95 bits per heavy atom. The molecule has 0 aliphatic heterocycles. The first-order valence-electron chi connectivity index (χ1n) is 6.29. The molecule has 0 fully saturated rings. The van der Waals surface area contributed by atoms with Gasteiger partial charge in [-0.25, -0.2) is 4.98 Å². The molecular formula is C13H13BrN4O2S. The Balaban J connectivity index is 2.31. The summed E-state index contributed by atoms with van der Waals surface area (Å²) in [5, 5.41) is 14.4. The first-order valence-corrected chi connectivity index (χ1v) is 7.90. The molecular weight excluding hydrogens is 356 g/mol. The Kier molecular flexibility index (Phi) is 5.51. The van der Waals surface area contributed by atoms with Crippen molar-refractivity contribution in [2.24, 2.45) is 0 Å². The summed E-state index contributed by atoms with van der Waals surface area (Å²) >= 11 is 4.62. The Labute approximate surface area is 134 Å². The predicted octanol–water partition coefficient (Wildman–Crippen LogP) is 4.12. The van der Waals surface area contributed by atoms with Gasteiger partial charge >= 0.3 is 5.69 Å². The van der Waals surface area contributed by atoms with Crippen molar-refractivity contribution in [2.45, 2.75) is 23.3 Å². The van der Waals surface area contributed by atoms with E-state index in [2.05, 4.69) is 31.2 Å². The van der Waals surface area contributed by atoms with Crippen LogP contribution in [-0.2, 0) is 0 Å². The van der Waals surface area contributed by atoms with E-state index in [9.17, 15) is 10.1 Å². The first kappa shape index (κ1) is 15.7. The highest BCUT2D eigenvalue weighted by atomic mass is 79.9. The van der Waals surface area contributed by atoms with E-state index in [-0.39, 0.29) is 5.69 Å². The quantitative estimate of drug-likeness (QED) is 0.469. The van der Waals surface area contributed by atoms with Crippen LogP contribution in [0.15, 0.2) is 44.9 Å². The van der Waals surface area contributed by atoms with Gasteiger partial charge < -0.3 is 5.32 Å². The molecule has 0 saturated heterocycles. The van der Waals surface area contributed by atoms with Crippen LogP contribution in [0.2, 0.25) is 0 Å². The van der Waals surface area contributed by atoms with Crippen molar-refractivity contribution in [1.29, 1.82) is 0 Å². The van der Waals surface area contributed by atoms with Crippen LogP contribution < -0.4 is 5.32 Å². The van der Waals surface area contributed by atoms with Crippen molar-refractivity contribution in [1.82, 2.24) is 9.97 Å². The molecule has 0 unspecified atom stereocenters. The van der Waals surface area contributed by atoms with Gasteiger partial charge in [-0.05, 0) is 24.6 Å². The Morgan fingerprint density at radius 1 is 1.48 bits per heavy atom. The van der Waals surface area contributed by atoms with Crippen molar-refractivity contribution >= 4 is 39.3 Å². The molecule has 8 heteroatoms. The summed E-state index contributed by atoms with van der Waals surface area (Å²) < 4.78 is 0.911. The van der Waals surface area contributed by atoms with Crippen molar-refractivity contribution in [2.75, 3.05) is 11.9 Å². The second kappa shape index (κ2) is 7.37. The summed E-state index contributed by atoms with van der Waals surface area (Å²) in [5.41, 5.74) is -0.0953. The van der Waals surface area contributed by atoms with Crippen LogP contribution in [0, 0.1) is 10.1 Å². The lowest BCUT2D eigenvalue weighted by Crippen LogP contribution is -2.06. The van der Waals surface area contributed by atoms with E-state index in [1.54, 1.807) is 0 Å². The van der Waals surface area contributed by atoms with Crippen molar-refractivity contribution in [3.05, 3.63) is 45.0 Å². The third-order valence-electron chi connectivity index (χ3n) is 2.48. The van der Waals surface area contributed by atoms with E-state index >= 15 is 0 Å². The maximum atomic E-state index is 11.1. The second-order valence-corrected chi connectivity index (χ2v) is 6.11. The zero-order chi connectivity index (χ0) is 15.2. The number of rotatable bonds is 6. The molecule has 0 spiro atoms. The SMILES string of the molecule is CCCNc1ncc([N+](=O)[O-])c(Sc2cccc(Br)c2)n1. The molecule has 0 aliphatic carbocycles. The topological polar surface area (TPSA) is 81.0 Å². The van der Waals surface area contributed by atoms with E-state index in [1.165, 1.54) is 18.0 Å². The highest BCUT2D eigenvalue weighted by Gasteiger charge is 2.18. The summed E-state index contributed by atoms with van der Waals surface area (Å²) in [6.07, 6.45) is 2.17. The molecule has 2 rings (SSSR count). The van der Waals surface area contributed by atoms with Gasteiger partial charge in [0.05, 0.1) is 4.92 Å². The molecule has 0 radical (unpaired) electrons. The molecule has 110 valence electrons. The molecule has 6 nitrogen and oxygen atoms in total. The molecule has 0 amide bonds. The number of hydrogen-bond donors (Lipinski definition) is 1. The molecule has 0 atom stereocenters. The highest BCUT2D eigenvalue weighted by Crippen LogP contribution is 2.34. The minimum Gasteiger partial charge on any atom is -0.354 e. The lowest BCUT2D eigenvalue weighted by atomic mass is 10.4. The Hall–Kier alpha value is -1.67. The first-order chi connectivity index (χ1) is 10.1. The lowest BCUT2D eigenvalue weighted by Gasteiger charge is -2.06. The van der Waals surface area contributed by atoms with Gasteiger partial charge in [-0.2, -0.15) is 4.98 Å². The fourth-order valence-electron chi connectivity index (χ4n) is 1.52. The monoisotopic (exact) mass is 368 g/mol. The fraction of sp³-hybridized carbons (Fsp3) is 0.231. The van der Waals surface area contributed by atoms with Crippen molar-refractivity contribution < 1.29 is 4.92 Å². The third-order valence-corrected chi connectivity index (χ3v) is 3.95. The Morgan fingerprint density at radius 2 is 2.29 bits per heavy atom. The zero-order valence-corrected chi connectivity index (χ0v) is 13.6. The summed E-state index contributed by atoms with van der Waals surface area (Å²) in [7, 11) is 0. The predicted molar refractivity (Wildman–Crippen MR) is 85.7 cm³/mol. The average Bonchev–Trinajstić information content (AvgIpc) is 2.45. The standard InChI is InChI=1S/C13H13BrN4O2S/c1-2-6-15-13-16-8-11(18(19)20)12(17-13)21-10-5-3-4-9(14)7-10/h3-5,7-8H,2,6H2,1H3,(H,15,16,17). The van der Waals surface area contributed by atoms with Gasteiger partial charge in [-0.3, -0.25) is 10.1 Å². The molecule has 1 heterocycles. The third kappa shape index (κ3) is 4.40. The van der Waals surface area contributed by atoms with E-state index in [0.717, 1.165) is 22.3 Å². The van der Waals surface area contributed by atoms with Gasteiger partial charge in [-0.15, -0.1) is 0 Å². The number of halogens is 1. The number of aromatic nitrogens is 2. The summed E-state index contributed by atoms with van der Waals surface area (Å²) in [6.45, 7) is 2.74. The van der Waals surface area contributed by atoms with Gasteiger partial charge in [0.1, 0.15) is 6.20 Å². The van der Waals surface area contributed by atoms with E-state index in [1.807, 2.05) is 31.2 Å². The molecule has 2 aromatic rings. The summed E-state index contributed by atoms with van der Waals surface area (Å²) in [4.78, 5) is 19.7. The minimum absolute atomic E-state index is 0.0953. The molecule has 1 aromatic carbocycles. The van der Waals surface area contributed by atoms with Gasteiger partial charge in [0, 0.05) is 15.9 Å². The number of nitrogens with zero attached hydrogens (tertiary/aromatic N) is 3. The summed E-state index contributed by atoms with van der Waals surface area (Å²) in [5.74, 6) is 0.403. The van der Waals surface area contributed by atoms with E-state index < -0.39 is 4.92 Å². The van der Waals surface area contributed by atoms with Crippen LogP contribution in [-0.4, -0.2) is 21.4 Å². The smallest absolute Gasteiger partial charge is 0.320 e. The van der Waals surface area contributed by atoms with Crippen LogP contribution >= 0.6 is 27.7 Å². The van der Waals surface area contributed by atoms with Crippen molar-refractivity contribution in [3.8, 4) is 0 Å². The number of hydrogen-bond acceptors (Lipinski definition) is 6. The number of benzene rings is 1. The molecule has 1 N–H and O–H groups in total. The largest absolute Gasteiger partial charge is 0.354 e. The van der Waals surface area contributed by atoms with Crippen LogP contribution in [0.3, 0.4) is 0 Å². The molecule has 0 bridgehead atoms. The maximum Gasteiger partial charge on any atom is 0.320 e. The van der Waals surface area contributed by atoms with Crippen LogP contribution in [0.4, 0.5) is 11.6 Å². The van der Waals surface area contributed by atoms with Gasteiger partial charge in [0.25, 0.3) is 0 Å². The molecule has 0 aliphatic rings. The van der Waals surface area contributed by atoms with Crippen LogP contribution in [0.25, 0.3) is 0 Å². The molecule has 21 heavy (non-hydrogen) atoms.